The highest BCUT2D eigenvalue weighted by Gasteiger charge is 2.04. The minimum Gasteiger partial charge on any atom is -0.490 e. The van der Waals surface area contributed by atoms with Gasteiger partial charge in [0.1, 0.15) is 30.4 Å². The molecule has 0 saturated heterocycles. The van der Waals surface area contributed by atoms with Crippen molar-refractivity contribution >= 4 is 11.6 Å². The van der Waals surface area contributed by atoms with Crippen LogP contribution in [-0.2, 0) is 6.61 Å². The van der Waals surface area contributed by atoms with Gasteiger partial charge in [0.15, 0.2) is 0 Å². The summed E-state index contributed by atoms with van der Waals surface area (Å²) in [4.78, 5) is 4.21. The van der Waals surface area contributed by atoms with E-state index in [0.717, 1.165) is 5.69 Å². The number of pyridine rings is 1. The van der Waals surface area contributed by atoms with Crippen molar-refractivity contribution in [1.82, 2.24) is 4.98 Å². The highest BCUT2D eigenvalue weighted by atomic mass is 35.5. The summed E-state index contributed by atoms with van der Waals surface area (Å²) < 4.78 is 11.1. The molecular weight excluding hydrogens is 278 g/mol. The number of nitrogens with zero attached hydrogens (tertiary/aromatic N) is 1. The summed E-state index contributed by atoms with van der Waals surface area (Å²) in [6.45, 7) is 2.47. The first-order valence-corrected chi connectivity index (χ1v) is 6.65. The number of aryl methyl sites for hydroxylation is 1. The zero-order valence-corrected chi connectivity index (χ0v) is 11.9. The Morgan fingerprint density at radius 3 is 2.70 bits per heavy atom. The summed E-state index contributed by atoms with van der Waals surface area (Å²) in [6, 6.07) is 10.8. The lowest BCUT2D eigenvalue weighted by Gasteiger charge is -2.11. The molecule has 0 aliphatic heterocycles. The SMILES string of the molecule is Cc1ccc(OCCOc2cccc(Cl)c2)c(CO)n1. The Kier molecular flexibility index (Phi) is 5.21. The van der Waals surface area contributed by atoms with Crippen molar-refractivity contribution in [3.63, 3.8) is 0 Å². The fraction of sp³-hybridized carbons (Fsp3) is 0.267. The molecule has 0 aliphatic rings. The number of rotatable bonds is 6. The van der Waals surface area contributed by atoms with E-state index in [9.17, 15) is 5.11 Å². The smallest absolute Gasteiger partial charge is 0.143 e. The first-order chi connectivity index (χ1) is 9.69. The second kappa shape index (κ2) is 7.12. The quantitative estimate of drug-likeness (QED) is 0.832. The number of ether oxygens (including phenoxy) is 2. The van der Waals surface area contributed by atoms with Crippen molar-refractivity contribution < 1.29 is 14.6 Å². The molecule has 20 heavy (non-hydrogen) atoms. The summed E-state index contributed by atoms with van der Waals surface area (Å²) >= 11 is 5.86. The van der Waals surface area contributed by atoms with Gasteiger partial charge in [0.2, 0.25) is 0 Å². The number of halogens is 1. The third-order valence-corrected chi connectivity index (χ3v) is 2.86. The molecule has 0 radical (unpaired) electrons. The minimum absolute atomic E-state index is 0.147. The monoisotopic (exact) mass is 293 g/mol. The number of hydrogen-bond acceptors (Lipinski definition) is 4. The molecule has 0 amide bonds. The van der Waals surface area contributed by atoms with Crippen LogP contribution < -0.4 is 9.47 Å². The van der Waals surface area contributed by atoms with Gasteiger partial charge in [-0.1, -0.05) is 17.7 Å². The maximum absolute atomic E-state index is 9.22. The topological polar surface area (TPSA) is 51.6 Å². The zero-order valence-electron chi connectivity index (χ0n) is 11.2. The Balaban J connectivity index is 1.84. The predicted molar refractivity (Wildman–Crippen MR) is 77.3 cm³/mol. The molecule has 0 saturated carbocycles. The molecule has 1 N–H and O–H groups in total. The largest absolute Gasteiger partial charge is 0.490 e. The number of hydrogen-bond donors (Lipinski definition) is 1. The van der Waals surface area contributed by atoms with E-state index in [-0.39, 0.29) is 6.61 Å². The van der Waals surface area contributed by atoms with Crippen LogP contribution in [-0.4, -0.2) is 23.3 Å². The average Bonchev–Trinajstić information content (AvgIpc) is 2.45. The molecule has 1 heterocycles. The van der Waals surface area contributed by atoms with E-state index in [4.69, 9.17) is 21.1 Å². The second-order valence-electron chi connectivity index (χ2n) is 4.21. The summed E-state index contributed by atoms with van der Waals surface area (Å²) in [5.74, 6) is 1.28. The summed E-state index contributed by atoms with van der Waals surface area (Å²) in [5, 5.41) is 9.85. The molecule has 0 fully saturated rings. The van der Waals surface area contributed by atoms with Gasteiger partial charge in [0.25, 0.3) is 0 Å². The summed E-state index contributed by atoms with van der Waals surface area (Å²) in [6.07, 6.45) is 0. The van der Waals surface area contributed by atoms with Gasteiger partial charge < -0.3 is 14.6 Å². The number of benzene rings is 1. The lowest BCUT2D eigenvalue weighted by molar-refractivity contribution is 0.208. The van der Waals surface area contributed by atoms with Crippen LogP contribution in [0.3, 0.4) is 0 Å². The standard InChI is InChI=1S/C15H16ClNO3/c1-11-5-6-15(14(10-18)17-11)20-8-7-19-13-4-2-3-12(16)9-13/h2-6,9,18H,7-8,10H2,1H3. The second-order valence-corrected chi connectivity index (χ2v) is 4.65. The average molecular weight is 294 g/mol. The molecular formula is C15H16ClNO3. The van der Waals surface area contributed by atoms with Gasteiger partial charge in [-0.15, -0.1) is 0 Å². The van der Waals surface area contributed by atoms with Crippen LogP contribution in [0.5, 0.6) is 11.5 Å². The number of aliphatic hydroxyl groups is 1. The van der Waals surface area contributed by atoms with E-state index in [1.807, 2.05) is 25.1 Å². The van der Waals surface area contributed by atoms with E-state index >= 15 is 0 Å². The van der Waals surface area contributed by atoms with Crippen LogP contribution in [0.25, 0.3) is 0 Å². The molecule has 5 heteroatoms. The first-order valence-electron chi connectivity index (χ1n) is 6.27. The van der Waals surface area contributed by atoms with Crippen LogP contribution >= 0.6 is 11.6 Å². The molecule has 1 aromatic heterocycles. The molecule has 0 atom stereocenters. The molecule has 1 aromatic carbocycles. The molecule has 2 aromatic rings. The van der Waals surface area contributed by atoms with Crippen molar-refractivity contribution in [2.45, 2.75) is 13.5 Å². The van der Waals surface area contributed by atoms with Gasteiger partial charge in [-0.25, -0.2) is 0 Å². The van der Waals surface area contributed by atoms with Gasteiger partial charge in [-0.05, 0) is 37.3 Å². The van der Waals surface area contributed by atoms with E-state index in [1.54, 1.807) is 18.2 Å². The molecule has 2 rings (SSSR count). The molecule has 106 valence electrons. The lowest BCUT2D eigenvalue weighted by atomic mass is 10.3. The van der Waals surface area contributed by atoms with Crippen LogP contribution in [0.2, 0.25) is 5.02 Å². The van der Waals surface area contributed by atoms with Crippen LogP contribution in [0, 0.1) is 6.92 Å². The fourth-order valence-electron chi connectivity index (χ4n) is 1.71. The maximum Gasteiger partial charge on any atom is 0.143 e. The van der Waals surface area contributed by atoms with E-state index < -0.39 is 0 Å². The molecule has 0 unspecified atom stereocenters. The Hall–Kier alpha value is -1.78. The van der Waals surface area contributed by atoms with Gasteiger partial charge in [0, 0.05) is 10.7 Å². The van der Waals surface area contributed by atoms with Crippen molar-refractivity contribution in [2.24, 2.45) is 0 Å². The Bertz CT molecular complexity index is 575. The first kappa shape index (κ1) is 14.6. The highest BCUT2D eigenvalue weighted by Crippen LogP contribution is 2.18. The Morgan fingerprint density at radius 2 is 1.95 bits per heavy atom. The maximum atomic E-state index is 9.22. The van der Waals surface area contributed by atoms with Crippen LogP contribution in [0.1, 0.15) is 11.4 Å². The number of aliphatic hydroxyl groups excluding tert-OH is 1. The molecule has 0 aliphatic carbocycles. The van der Waals surface area contributed by atoms with Crippen molar-refractivity contribution in [2.75, 3.05) is 13.2 Å². The zero-order chi connectivity index (χ0) is 14.4. The Morgan fingerprint density at radius 1 is 1.15 bits per heavy atom. The predicted octanol–water partition coefficient (Wildman–Crippen LogP) is 2.99. The fourth-order valence-corrected chi connectivity index (χ4v) is 1.89. The summed E-state index contributed by atoms with van der Waals surface area (Å²) in [5.41, 5.74) is 1.38. The van der Waals surface area contributed by atoms with Gasteiger partial charge in [0.05, 0.1) is 6.61 Å². The summed E-state index contributed by atoms with van der Waals surface area (Å²) in [7, 11) is 0. The van der Waals surface area contributed by atoms with Gasteiger partial charge in [-0.3, -0.25) is 4.98 Å². The normalized spacial score (nSPS) is 10.3. The van der Waals surface area contributed by atoms with Gasteiger partial charge >= 0.3 is 0 Å². The van der Waals surface area contributed by atoms with E-state index in [0.29, 0.717) is 35.4 Å². The van der Waals surface area contributed by atoms with Crippen LogP contribution in [0.15, 0.2) is 36.4 Å². The van der Waals surface area contributed by atoms with Crippen molar-refractivity contribution in [1.29, 1.82) is 0 Å². The van der Waals surface area contributed by atoms with E-state index in [2.05, 4.69) is 4.98 Å². The molecule has 0 spiro atoms. The lowest BCUT2D eigenvalue weighted by Crippen LogP contribution is -2.10. The van der Waals surface area contributed by atoms with Crippen molar-refractivity contribution in [3.8, 4) is 11.5 Å². The van der Waals surface area contributed by atoms with E-state index in [1.165, 1.54) is 0 Å². The van der Waals surface area contributed by atoms with Crippen molar-refractivity contribution in [3.05, 3.63) is 52.8 Å². The van der Waals surface area contributed by atoms with Crippen LogP contribution in [0.4, 0.5) is 0 Å². The van der Waals surface area contributed by atoms with Gasteiger partial charge in [-0.2, -0.15) is 0 Å². The third kappa shape index (κ3) is 4.11. The Labute approximate surface area is 122 Å². The highest BCUT2D eigenvalue weighted by molar-refractivity contribution is 6.30. The third-order valence-electron chi connectivity index (χ3n) is 2.63. The minimum atomic E-state index is -0.147. The number of aromatic nitrogens is 1. The molecule has 4 nitrogen and oxygen atoms in total. The molecule has 0 bridgehead atoms.